The Morgan fingerprint density at radius 2 is 1.85 bits per heavy atom. The molecule has 0 aliphatic carbocycles. The number of halogens is 1. The second-order valence-electron chi connectivity index (χ2n) is 4.87. The van der Waals surface area contributed by atoms with Gasteiger partial charge in [0.15, 0.2) is 5.82 Å². The quantitative estimate of drug-likeness (QED) is 0.630. The van der Waals surface area contributed by atoms with Crippen LogP contribution in [0.3, 0.4) is 0 Å². The highest BCUT2D eigenvalue weighted by molar-refractivity contribution is 6.34. The van der Waals surface area contributed by atoms with Gasteiger partial charge in [0.2, 0.25) is 0 Å². The van der Waals surface area contributed by atoms with Gasteiger partial charge in [-0.15, -0.1) is 0 Å². The number of fused-ring (bicyclic) bond motifs is 1. The molecule has 0 fully saturated rings. The molecule has 0 aliphatic rings. The SMILES string of the molecule is CCc1ccccc1-c1nc(Cl)c2cc(C)ccc2n1. The van der Waals surface area contributed by atoms with Gasteiger partial charge in [0.25, 0.3) is 0 Å². The Balaban J connectivity index is 2.25. The summed E-state index contributed by atoms with van der Waals surface area (Å²) in [6, 6.07) is 14.3. The Hall–Kier alpha value is -1.93. The van der Waals surface area contributed by atoms with Crippen LogP contribution in [0, 0.1) is 6.92 Å². The van der Waals surface area contributed by atoms with Gasteiger partial charge in [-0.3, -0.25) is 0 Å². The van der Waals surface area contributed by atoms with Crippen molar-refractivity contribution in [1.29, 1.82) is 0 Å². The highest BCUT2D eigenvalue weighted by Gasteiger charge is 2.10. The van der Waals surface area contributed by atoms with Crippen molar-refractivity contribution in [2.45, 2.75) is 20.3 Å². The first-order valence-electron chi connectivity index (χ1n) is 6.71. The van der Waals surface area contributed by atoms with Crippen LogP contribution in [0.15, 0.2) is 42.5 Å². The lowest BCUT2D eigenvalue weighted by Crippen LogP contribution is -1.95. The molecule has 3 heteroatoms. The van der Waals surface area contributed by atoms with Crippen LogP contribution in [0.5, 0.6) is 0 Å². The summed E-state index contributed by atoms with van der Waals surface area (Å²) < 4.78 is 0. The van der Waals surface area contributed by atoms with E-state index in [4.69, 9.17) is 11.6 Å². The first kappa shape index (κ1) is 13.1. The Bertz CT molecular complexity index is 781. The number of benzene rings is 2. The highest BCUT2D eigenvalue weighted by atomic mass is 35.5. The van der Waals surface area contributed by atoms with Crippen LogP contribution < -0.4 is 0 Å². The van der Waals surface area contributed by atoms with Gasteiger partial charge in [0.05, 0.1) is 5.52 Å². The summed E-state index contributed by atoms with van der Waals surface area (Å²) >= 11 is 6.33. The zero-order chi connectivity index (χ0) is 14.1. The zero-order valence-corrected chi connectivity index (χ0v) is 12.3. The monoisotopic (exact) mass is 282 g/mol. The molecule has 20 heavy (non-hydrogen) atoms. The number of hydrogen-bond acceptors (Lipinski definition) is 2. The van der Waals surface area contributed by atoms with E-state index in [1.165, 1.54) is 5.56 Å². The number of aryl methyl sites for hydroxylation is 2. The maximum Gasteiger partial charge on any atom is 0.161 e. The van der Waals surface area contributed by atoms with E-state index in [1.54, 1.807) is 0 Å². The van der Waals surface area contributed by atoms with E-state index in [9.17, 15) is 0 Å². The molecule has 0 amide bonds. The third-order valence-electron chi connectivity index (χ3n) is 3.44. The van der Waals surface area contributed by atoms with Gasteiger partial charge in [-0.05, 0) is 31.0 Å². The summed E-state index contributed by atoms with van der Waals surface area (Å²) in [7, 11) is 0. The van der Waals surface area contributed by atoms with Crippen molar-refractivity contribution in [2.75, 3.05) is 0 Å². The number of hydrogen-bond donors (Lipinski definition) is 0. The Morgan fingerprint density at radius 3 is 2.65 bits per heavy atom. The summed E-state index contributed by atoms with van der Waals surface area (Å²) in [6.07, 6.45) is 0.948. The molecule has 0 atom stereocenters. The Kier molecular flexibility index (Phi) is 3.41. The molecule has 1 aromatic heterocycles. The maximum atomic E-state index is 6.33. The molecule has 0 radical (unpaired) electrons. The number of rotatable bonds is 2. The zero-order valence-electron chi connectivity index (χ0n) is 11.5. The van der Waals surface area contributed by atoms with Crippen LogP contribution in [0.1, 0.15) is 18.1 Å². The molecule has 0 unspecified atom stereocenters. The minimum absolute atomic E-state index is 0.514. The van der Waals surface area contributed by atoms with Crippen LogP contribution in [-0.2, 0) is 6.42 Å². The van der Waals surface area contributed by atoms with E-state index < -0.39 is 0 Å². The fourth-order valence-electron chi connectivity index (χ4n) is 2.37. The van der Waals surface area contributed by atoms with E-state index in [2.05, 4.69) is 23.0 Å². The average molecular weight is 283 g/mol. The third kappa shape index (κ3) is 2.27. The summed E-state index contributed by atoms with van der Waals surface area (Å²) in [5, 5.41) is 1.42. The molecule has 0 aliphatic heterocycles. The second-order valence-corrected chi connectivity index (χ2v) is 5.23. The molecule has 100 valence electrons. The first-order valence-corrected chi connectivity index (χ1v) is 7.09. The molecular formula is C17H15ClN2. The van der Waals surface area contributed by atoms with Crippen LogP contribution in [0.25, 0.3) is 22.3 Å². The van der Waals surface area contributed by atoms with Crippen molar-refractivity contribution >= 4 is 22.5 Å². The molecule has 0 spiro atoms. The second kappa shape index (κ2) is 5.22. The van der Waals surface area contributed by atoms with Crippen molar-refractivity contribution in [3.63, 3.8) is 0 Å². The van der Waals surface area contributed by atoms with E-state index in [0.29, 0.717) is 11.0 Å². The van der Waals surface area contributed by atoms with Gasteiger partial charge >= 0.3 is 0 Å². The van der Waals surface area contributed by atoms with E-state index in [-0.39, 0.29) is 0 Å². The van der Waals surface area contributed by atoms with Gasteiger partial charge < -0.3 is 0 Å². The summed E-state index contributed by atoms with van der Waals surface area (Å²) in [5.74, 6) is 0.698. The molecule has 0 saturated carbocycles. The molecule has 3 rings (SSSR count). The summed E-state index contributed by atoms with van der Waals surface area (Å²) in [5.41, 5.74) is 4.33. The predicted molar refractivity (Wildman–Crippen MR) is 84.1 cm³/mol. The molecule has 0 N–H and O–H groups in total. The third-order valence-corrected chi connectivity index (χ3v) is 3.73. The minimum atomic E-state index is 0.514. The lowest BCUT2D eigenvalue weighted by atomic mass is 10.0. The van der Waals surface area contributed by atoms with Gasteiger partial charge in [0, 0.05) is 10.9 Å². The first-order chi connectivity index (χ1) is 9.69. The normalized spacial score (nSPS) is 10.9. The fourth-order valence-corrected chi connectivity index (χ4v) is 2.60. The van der Waals surface area contributed by atoms with E-state index in [1.807, 2.05) is 43.3 Å². The van der Waals surface area contributed by atoms with Crippen LogP contribution in [0.2, 0.25) is 5.15 Å². The lowest BCUT2D eigenvalue weighted by molar-refractivity contribution is 1.12. The molecule has 2 nitrogen and oxygen atoms in total. The Morgan fingerprint density at radius 1 is 1.05 bits per heavy atom. The molecular weight excluding hydrogens is 268 g/mol. The predicted octanol–water partition coefficient (Wildman–Crippen LogP) is 4.82. The van der Waals surface area contributed by atoms with Crippen molar-refractivity contribution in [3.05, 3.63) is 58.7 Å². The lowest BCUT2D eigenvalue weighted by Gasteiger charge is -2.08. The standard InChI is InChI=1S/C17H15ClN2/c1-3-12-6-4-5-7-13(12)17-19-15-9-8-11(2)10-14(15)16(18)20-17/h4-10H,3H2,1-2H3. The number of nitrogens with zero attached hydrogens (tertiary/aromatic N) is 2. The van der Waals surface area contributed by atoms with Gasteiger partial charge in [0.1, 0.15) is 5.15 Å². The minimum Gasteiger partial charge on any atom is -0.228 e. The molecule has 2 aromatic carbocycles. The smallest absolute Gasteiger partial charge is 0.161 e. The van der Waals surface area contributed by atoms with Crippen molar-refractivity contribution < 1.29 is 0 Å². The molecule has 3 aromatic rings. The topological polar surface area (TPSA) is 25.8 Å². The average Bonchev–Trinajstić information content (AvgIpc) is 2.47. The van der Waals surface area contributed by atoms with Crippen LogP contribution in [0.4, 0.5) is 0 Å². The Labute approximate surface area is 123 Å². The number of aromatic nitrogens is 2. The summed E-state index contributed by atoms with van der Waals surface area (Å²) in [6.45, 7) is 4.17. The van der Waals surface area contributed by atoms with Gasteiger partial charge in [-0.25, -0.2) is 9.97 Å². The largest absolute Gasteiger partial charge is 0.228 e. The van der Waals surface area contributed by atoms with Crippen molar-refractivity contribution in [2.24, 2.45) is 0 Å². The fraction of sp³-hybridized carbons (Fsp3) is 0.176. The molecule has 0 saturated heterocycles. The van der Waals surface area contributed by atoms with Crippen molar-refractivity contribution in [1.82, 2.24) is 9.97 Å². The van der Waals surface area contributed by atoms with Gasteiger partial charge in [-0.1, -0.05) is 54.4 Å². The van der Waals surface area contributed by atoms with Crippen molar-refractivity contribution in [3.8, 4) is 11.4 Å². The van der Waals surface area contributed by atoms with Crippen LogP contribution in [-0.4, -0.2) is 9.97 Å². The molecule has 1 heterocycles. The van der Waals surface area contributed by atoms with Crippen LogP contribution >= 0.6 is 11.6 Å². The summed E-state index contributed by atoms with van der Waals surface area (Å²) in [4.78, 5) is 9.14. The highest BCUT2D eigenvalue weighted by Crippen LogP contribution is 2.27. The van der Waals surface area contributed by atoms with Gasteiger partial charge in [-0.2, -0.15) is 0 Å². The maximum absolute atomic E-state index is 6.33. The molecule has 0 bridgehead atoms. The van der Waals surface area contributed by atoms with E-state index in [0.717, 1.165) is 28.5 Å². The van der Waals surface area contributed by atoms with E-state index >= 15 is 0 Å².